The van der Waals surface area contributed by atoms with Crippen LogP contribution in [-0.2, 0) is 19.4 Å². The van der Waals surface area contributed by atoms with Crippen molar-refractivity contribution in [3.8, 4) is 0 Å². The summed E-state index contributed by atoms with van der Waals surface area (Å²) in [7, 11) is -3.48. The number of piperidine rings is 1. The topological polar surface area (TPSA) is 92.8 Å². The van der Waals surface area contributed by atoms with Crippen molar-refractivity contribution >= 4 is 21.8 Å². The maximum atomic E-state index is 12.4. The first kappa shape index (κ1) is 22.2. The Bertz CT molecular complexity index is 789. The molecule has 8 heteroatoms. The van der Waals surface area contributed by atoms with Gasteiger partial charge in [0.25, 0.3) is 0 Å². The van der Waals surface area contributed by atoms with Crippen LogP contribution in [0.4, 0.5) is 4.79 Å². The van der Waals surface area contributed by atoms with E-state index in [2.05, 4.69) is 5.32 Å². The van der Waals surface area contributed by atoms with E-state index in [-0.39, 0.29) is 29.0 Å². The SMILES string of the molecule is Cc1ccc(S(=O)(=O)CCC(=O)N2CCC(NC(=O)OC(C)(C)C)CC2)cc1. The summed E-state index contributed by atoms with van der Waals surface area (Å²) in [4.78, 5) is 26.1. The first-order valence-electron chi connectivity index (χ1n) is 9.53. The Hall–Kier alpha value is -2.09. The molecule has 1 heterocycles. The summed E-state index contributed by atoms with van der Waals surface area (Å²) in [5, 5.41) is 2.82. The Labute approximate surface area is 167 Å². The summed E-state index contributed by atoms with van der Waals surface area (Å²) in [6.07, 6.45) is 0.743. The van der Waals surface area contributed by atoms with Gasteiger partial charge in [-0.15, -0.1) is 0 Å². The Morgan fingerprint density at radius 2 is 1.71 bits per heavy atom. The molecule has 0 bridgehead atoms. The number of likely N-dealkylation sites (tertiary alicyclic amines) is 1. The lowest BCUT2D eigenvalue weighted by molar-refractivity contribution is -0.131. The minimum atomic E-state index is -3.48. The molecule has 1 aromatic carbocycles. The Morgan fingerprint density at radius 3 is 2.25 bits per heavy atom. The fourth-order valence-corrected chi connectivity index (χ4v) is 4.22. The van der Waals surface area contributed by atoms with Gasteiger partial charge in [-0.3, -0.25) is 4.79 Å². The van der Waals surface area contributed by atoms with Gasteiger partial charge < -0.3 is 15.0 Å². The number of carbonyl (C=O) groups is 2. The average molecular weight is 411 g/mol. The first-order chi connectivity index (χ1) is 13.0. The van der Waals surface area contributed by atoms with Crippen LogP contribution in [0, 0.1) is 6.92 Å². The highest BCUT2D eigenvalue weighted by Gasteiger charge is 2.26. The van der Waals surface area contributed by atoms with E-state index in [0.717, 1.165) is 5.56 Å². The molecule has 1 aliphatic heterocycles. The predicted octanol–water partition coefficient (Wildman–Crippen LogP) is 2.67. The second-order valence-electron chi connectivity index (χ2n) is 8.18. The molecule has 0 spiro atoms. The van der Waals surface area contributed by atoms with E-state index < -0.39 is 21.5 Å². The standard InChI is InChI=1S/C20H30N2O5S/c1-15-5-7-17(8-6-15)28(25,26)14-11-18(23)22-12-9-16(10-13-22)21-19(24)27-20(2,3)4/h5-8,16H,9-14H2,1-4H3,(H,21,24). The van der Waals surface area contributed by atoms with Crippen molar-refractivity contribution in [3.63, 3.8) is 0 Å². The van der Waals surface area contributed by atoms with Gasteiger partial charge in [0.05, 0.1) is 10.6 Å². The molecular weight excluding hydrogens is 380 g/mol. The van der Waals surface area contributed by atoms with E-state index in [9.17, 15) is 18.0 Å². The predicted molar refractivity (Wildman–Crippen MR) is 107 cm³/mol. The summed E-state index contributed by atoms with van der Waals surface area (Å²) in [5.74, 6) is -0.378. The van der Waals surface area contributed by atoms with Crippen LogP contribution in [0.25, 0.3) is 0 Å². The smallest absolute Gasteiger partial charge is 0.407 e. The average Bonchev–Trinajstić information content (AvgIpc) is 2.59. The number of amides is 2. The Morgan fingerprint density at radius 1 is 1.14 bits per heavy atom. The monoisotopic (exact) mass is 410 g/mol. The Balaban J connectivity index is 1.79. The molecule has 156 valence electrons. The molecule has 0 saturated carbocycles. The van der Waals surface area contributed by atoms with Crippen molar-refractivity contribution in [2.75, 3.05) is 18.8 Å². The zero-order valence-electron chi connectivity index (χ0n) is 17.0. The second kappa shape index (κ2) is 8.94. The van der Waals surface area contributed by atoms with Gasteiger partial charge in [-0.1, -0.05) is 17.7 Å². The quantitative estimate of drug-likeness (QED) is 0.806. The first-order valence-corrected chi connectivity index (χ1v) is 11.2. The van der Waals surface area contributed by atoms with Crippen molar-refractivity contribution in [1.82, 2.24) is 10.2 Å². The lowest BCUT2D eigenvalue weighted by Crippen LogP contribution is -2.47. The molecule has 0 radical (unpaired) electrons. The van der Waals surface area contributed by atoms with Gasteiger partial charge in [-0.05, 0) is 52.7 Å². The van der Waals surface area contributed by atoms with Crippen LogP contribution in [-0.4, -0.2) is 55.8 Å². The third-order valence-corrected chi connectivity index (χ3v) is 6.27. The zero-order chi connectivity index (χ0) is 20.9. The number of alkyl carbamates (subject to hydrolysis) is 1. The molecule has 0 aliphatic carbocycles. The van der Waals surface area contributed by atoms with Crippen molar-refractivity contribution < 1.29 is 22.7 Å². The Kier molecular flexibility index (Phi) is 7.09. The van der Waals surface area contributed by atoms with Gasteiger partial charge >= 0.3 is 6.09 Å². The lowest BCUT2D eigenvalue weighted by Gasteiger charge is -2.33. The highest BCUT2D eigenvalue weighted by Crippen LogP contribution is 2.16. The van der Waals surface area contributed by atoms with Crippen molar-refractivity contribution in [3.05, 3.63) is 29.8 Å². The molecule has 0 unspecified atom stereocenters. The molecule has 28 heavy (non-hydrogen) atoms. The zero-order valence-corrected chi connectivity index (χ0v) is 17.8. The third kappa shape index (κ3) is 6.82. The summed E-state index contributed by atoms with van der Waals surface area (Å²) in [6, 6.07) is 6.59. The fraction of sp³-hybridized carbons (Fsp3) is 0.600. The van der Waals surface area contributed by atoms with Gasteiger partial charge in [0.15, 0.2) is 9.84 Å². The molecule has 0 atom stereocenters. The van der Waals surface area contributed by atoms with Gasteiger partial charge in [-0.25, -0.2) is 13.2 Å². The molecule has 1 fully saturated rings. The highest BCUT2D eigenvalue weighted by molar-refractivity contribution is 7.91. The molecule has 0 aromatic heterocycles. The summed E-state index contributed by atoms with van der Waals surface area (Å²) >= 11 is 0. The molecule has 2 rings (SSSR count). The van der Waals surface area contributed by atoms with Crippen molar-refractivity contribution in [2.45, 2.75) is 63.5 Å². The van der Waals surface area contributed by atoms with E-state index in [0.29, 0.717) is 25.9 Å². The maximum absolute atomic E-state index is 12.4. The molecule has 1 aromatic rings. The molecule has 1 saturated heterocycles. The maximum Gasteiger partial charge on any atom is 0.407 e. The highest BCUT2D eigenvalue weighted by atomic mass is 32.2. The minimum Gasteiger partial charge on any atom is -0.444 e. The van der Waals surface area contributed by atoms with Crippen LogP contribution in [0.2, 0.25) is 0 Å². The molecule has 1 aliphatic rings. The van der Waals surface area contributed by atoms with Gasteiger partial charge in [0.1, 0.15) is 5.60 Å². The summed E-state index contributed by atoms with van der Waals surface area (Å²) < 4.78 is 30.0. The minimum absolute atomic E-state index is 0.0413. The fourth-order valence-electron chi connectivity index (χ4n) is 2.99. The van der Waals surface area contributed by atoms with E-state index >= 15 is 0 Å². The van der Waals surface area contributed by atoms with E-state index in [1.54, 1.807) is 49.9 Å². The molecular formula is C20H30N2O5S. The van der Waals surface area contributed by atoms with Crippen LogP contribution >= 0.6 is 0 Å². The number of nitrogens with one attached hydrogen (secondary N) is 1. The van der Waals surface area contributed by atoms with E-state index in [1.807, 2.05) is 6.92 Å². The number of aryl methyl sites for hydroxylation is 1. The molecule has 2 amide bonds. The van der Waals surface area contributed by atoms with Crippen LogP contribution < -0.4 is 5.32 Å². The van der Waals surface area contributed by atoms with Crippen molar-refractivity contribution in [1.29, 1.82) is 0 Å². The lowest BCUT2D eigenvalue weighted by atomic mass is 10.1. The second-order valence-corrected chi connectivity index (χ2v) is 10.3. The van der Waals surface area contributed by atoms with E-state index in [1.165, 1.54) is 0 Å². The molecule has 1 N–H and O–H groups in total. The number of nitrogens with zero attached hydrogens (tertiary/aromatic N) is 1. The van der Waals surface area contributed by atoms with Gasteiger partial charge in [0.2, 0.25) is 5.91 Å². The summed E-state index contributed by atoms with van der Waals surface area (Å²) in [5.41, 5.74) is 0.432. The van der Waals surface area contributed by atoms with Crippen LogP contribution in [0.5, 0.6) is 0 Å². The number of carbonyl (C=O) groups excluding carboxylic acids is 2. The normalized spacial score (nSPS) is 15.9. The van der Waals surface area contributed by atoms with Crippen LogP contribution in [0.3, 0.4) is 0 Å². The summed E-state index contributed by atoms with van der Waals surface area (Å²) in [6.45, 7) is 8.28. The van der Waals surface area contributed by atoms with Crippen LogP contribution in [0.15, 0.2) is 29.2 Å². The number of rotatable bonds is 5. The van der Waals surface area contributed by atoms with E-state index in [4.69, 9.17) is 4.74 Å². The number of hydrogen-bond donors (Lipinski definition) is 1. The molecule has 7 nitrogen and oxygen atoms in total. The van der Waals surface area contributed by atoms with Gasteiger partial charge in [0, 0.05) is 25.6 Å². The number of sulfone groups is 1. The van der Waals surface area contributed by atoms with Gasteiger partial charge in [-0.2, -0.15) is 0 Å². The number of hydrogen-bond acceptors (Lipinski definition) is 5. The van der Waals surface area contributed by atoms with Crippen LogP contribution in [0.1, 0.15) is 45.6 Å². The van der Waals surface area contributed by atoms with Crippen molar-refractivity contribution in [2.24, 2.45) is 0 Å². The third-order valence-electron chi connectivity index (χ3n) is 4.53. The number of ether oxygens (including phenoxy) is 1. The number of benzene rings is 1. The largest absolute Gasteiger partial charge is 0.444 e.